The average Bonchev–Trinajstić information content (AvgIpc) is 2.81. The lowest BCUT2D eigenvalue weighted by atomic mass is 10.1. The van der Waals surface area contributed by atoms with Gasteiger partial charge in [-0.2, -0.15) is 0 Å². The Hall–Kier alpha value is -1.55. The highest BCUT2D eigenvalue weighted by Gasteiger charge is 2.20. The zero-order valence-corrected chi connectivity index (χ0v) is 12.1. The Labute approximate surface area is 125 Å². The highest BCUT2D eigenvalue weighted by molar-refractivity contribution is 6.34. The van der Waals surface area contributed by atoms with Gasteiger partial charge < -0.3 is 9.52 Å². The first-order valence-corrected chi connectivity index (χ1v) is 6.79. The molecule has 102 valence electrons. The molecule has 3 aromatic rings. The van der Waals surface area contributed by atoms with Crippen LogP contribution in [0.3, 0.4) is 0 Å². The van der Waals surface area contributed by atoms with Crippen LogP contribution in [-0.4, -0.2) is 10.1 Å². The molecule has 0 saturated heterocycles. The second-order valence-corrected chi connectivity index (χ2v) is 5.46. The lowest BCUT2D eigenvalue weighted by molar-refractivity contribution is 0.188. The predicted octanol–water partition coefficient (Wildman–Crippen LogP) is 4.52. The fourth-order valence-electron chi connectivity index (χ4n) is 2.08. The summed E-state index contributed by atoms with van der Waals surface area (Å²) in [5.41, 5.74) is 2.17. The van der Waals surface area contributed by atoms with Crippen LogP contribution in [0.4, 0.5) is 0 Å². The van der Waals surface area contributed by atoms with E-state index in [2.05, 4.69) is 4.98 Å². The summed E-state index contributed by atoms with van der Waals surface area (Å²) in [6.07, 6.45) is 0.422. The number of aryl methyl sites for hydroxylation is 1. The van der Waals surface area contributed by atoms with Gasteiger partial charge in [0.25, 0.3) is 0 Å². The minimum absolute atomic E-state index is 0.307. The fraction of sp³-hybridized carbons (Fsp3) is 0.133. The maximum atomic E-state index is 10.4. The van der Waals surface area contributed by atoms with Crippen LogP contribution in [0.2, 0.25) is 10.0 Å². The van der Waals surface area contributed by atoms with Crippen molar-refractivity contribution in [1.82, 2.24) is 4.98 Å². The molecule has 0 aliphatic carbocycles. The van der Waals surface area contributed by atoms with E-state index in [-0.39, 0.29) is 0 Å². The third-order valence-corrected chi connectivity index (χ3v) is 3.57. The van der Waals surface area contributed by atoms with Crippen LogP contribution < -0.4 is 0 Å². The number of benzene rings is 1. The van der Waals surface area contributed by atoms with Crippen LogP contribution in [0.25, 0.3) is 11.0 Å². The molecule has 20 heavy (non-hydrogen) atoms. The molecule has 2 heterocycles. The van der Waals surface area contributed by atoms with Gasteiger partial charge in [-0.3, -0.25) is 4.98 Å². The van der Waals surface area contributed by atoms with Gasteiger partial charge >= 0.3 is 0 Å². The van der Waals surface area contributed by atoms with E-state index in [1.165, 1.54) is 6.20 Å². The van der Waals surface area contributed by atoms with Crippen LogP contribution in [0.15, 0.2) is 40.9 Å². The summed E-state index contributed by atoms with van der Waals surface area (Å²) in [5, 5.41) is 12.0. The summed E-state index contributed by atoms with van der Waals surface area (Å²) < 4.78 is 5.64. The Morgan fingerprint density at radius 2 is 2.00 bits per heavy atom. The number of rotatable bonds is 2. The van der Waals surface area contributed by atoms with E-state index in [0.717, 1.165) is 16.5 Å². The van der Waals surface area contributed by atoms with Crippen molar-refractivity contribution >= 4 is 34.2 Å². The second kappa shape index (κ2) is 5.09. The van der Waals surface area contributed by atoms with Crippen molar-refractivity contribution in [1.29, 1.82) is 0 Å². The molecule has 0 aliphatic rings. The van der Waals surface area contributed by atoms with Gasteiger partial charge in [0.15, 0.2) is 6.10 Å². The van der Waals surface area contributed by atoms with Crippen molar-refractivity contribution in [3.63, 3.8) is 0 Å². The number of aliphatic hydroxyl groups excluding tert-OH is 1. The molecule has 1 unspecified atom stereocenters. The highest BCUT2D eigenvalue weighted by Crippen LogP contribution is 2.31. The largest absolute Gasteiger partial charge is 0.458 e. The Balaban J connectivity index is 2.05. The van der Waals surface area contributed by atoms with Gasteiger partial charge in [0.05, 0.1) is 15.7 Å². The molecule has 2 aromatic heterocycles. The summed E-state index contributed by atoms with van der Waals surface area (Å²) in [5.74, 6) is 0.405. The molecule has 0 bridgehead atoms. The zero-order chi connectivity index (χ0) is 14.3. The van der Waals surface area contributed by atoms with E-state index in [1.807, 2.05) is 25.1 Å². The number of aromatic nitrogens is 1. The standard InChI is InChI=1S/C15H11Cl2NO2/c1-8-2-3-12-9(4-8)5-13(20-12)15(19)14-11(17)6-10(16)7-18-14/h2-7,15,19H,1H3. The van der Waals surface area contributed by atoms with E-state index in [4.69, 9.17) is 27.6 Å². The van der Waals surface area contributed by atoms with Crippen LogP contribution in [0.1, 0.15) is 23.1 Å². The van der Waals surface area contributed by atoms with E-state index in [0.29, 0.717) is 21.5 Å². The summed E-state index contributed by atoms with van der Waals surface area (Å²) >= 11 is 11.8. The first-order chi connectivity index (χ1) is 9.54. The monoisotopic (exact) mass is 307 g/mol. The Morgan fingerprint density at radius 3 is 2.75 bits per heavy atom. The summed E-state index contributed by atoms with van der Waals surface area (Å²) in [6.45, 7) is 2.00. The number of nitrogens with zero attached hydrogens (tertiary/aromatic N) is 1. The number of hydrogen-bond donors (Lipinski definition) is 1. The van der Waals surface area contributed by atoms with Crippen LogP contribution >= 0.6 is 23.2 Å². The zero-order valence-electron chi connectivity index (χ0n) is 10.6. The maximum absolute atomic E-state index is 10.4. The van der Waals surface area contributed by atoms with E-state index in [1.54, 1.807) is 12.1 Å². The molecule has 0 spiro atoms. The van der Waals surface area contributed by atoms with Gasteiger partial charge in [0.2, 0.25) is 0 Å². The Kier molecular flexibility index (Phi) is 3.42. The topological polar surface area (TPSA) is 46.3 Å². The van der Waals surface area contributed by atoms with Crippen molar-refractivity contribution in [2.24, 2.45) is 0 Å². The lowest BCUT2D eigenvalue weighted by Crippen LogP contribution is -2.01. The third-order valence-electron chi connectivity index (χ3n) is 3.06. The summed E-state index contributed by atoms with van der Waals surface area (Å²) in [4.78, 5) is 4.07. The van der Waals surface area contributed by atoms with Crippen molar-refractivity contribution < 1.29 is 9.52 Å². The molecule has 3 nitrogen and oxygen atoms in total. The van der Waals surface area contributed by atoms with Crippen molar-refractivity contribution in [2.45, 2.75) is 13.0 Å². The Bertz CT molecular complexity index is 783. The van der Waals surface area contributed by atoms with Crippen molar-refractivity contribution in [2.75, 3.05) is 0 Å². The van der Waals surface area contributed by atoms with Crippen LogP contribution in [-0.2, 0) is 0 Å². The average molecular weight is 308 g/mol. The van der Waals surface area contributed by atoms with E-state index < -0.39 is 6.10 Å². The molecule has 1 aromatic carbocycles. The first kappa shape index (κ1) is 13.4. The molecule has 1 atom stereocenters. The Morgan fingerprint density at radius 1 is 1.20 bits per heavy atom. The molecular formula is C15H11Cl2NO2. The highest BCUT2D eigenvalue weighted by atomic mass is 35.5. The van der Waals surface area contributed by atoms with E-state index >= 15 is 0 Å². The number of halogens is 2. The van der Waals surface area contributed by atoms with Crippen LogP contribution in [0.5, 0.6) is 0 Å². The third kappa shape index (κ3) is 2.40. The molecule has 1 N–H and O–H groups in total. The fourth-order valence-corrected chi connectivity index (χ4v) is 2.56. The molecule has 0 amide bonds. The second-order valence-electron chi connectivity index (χ2n) is 4.61. The molecule has 0 radical (unpaired) electrons. The van der Waals surface area contributed by atoms with Crippen molar-refractivity contribution in [3.05, 3.63) is 63.6 Å². The number of hydrogen-bond acceptors (Lipinski definition) is 3. The minimum Gasteiger partial charge on any atom is -0.458 e. The maximum Gasteiger partial charge on any atom is 0.155 e. The lowest BCUT2D eigenvalue weighted by Gasteiger charge is -2.08. The van der Waals surface area contributed by atoms with Gasteiger partial charge in [0.1, 0.15) is 11.3 Å². The van der Waals surface area contributed by atoms with Crippen molar-refractivity contribution in [3.8, 4) is 0 Å². The normalized spacial score (nSPS) is 12.8. The number of aliphatic hydroxyl groups is 1. The molecular weight excluding hydrogens is 297 g/mol. The first-order valence-electron chi connectivity index (χ1n) is 6.03. The predicted molar refractivity (Wildman–Crippen MR) is 79.3 cm³/mol. The summed E-state index contributed by atoms with van der Waals surface area (Å²) in [7, 11) is 0. The van der Waals surface area contributed by atoms with E-state index in [9.17, 15) is 5.11 Å². The number of furan rings is 1. The van der Waals surface area contributed by atoms with Crippen LogP contribution in [0, 0.1) is 6.92 Å². The smallest absolute Gasteiger partial charge is 0.155 e. The van der Waals surface area contributed by atoms with Gasteiger partial charge in [-0.1, -0.05) is 34.8 Å². The molecule has 0 aliphatic heterocycles. The van der Waals surface area contributed by atoms with Gasteiger partial charge in [0, 0.05) is 11.6 Å². The van der Waals surface area contributed by atoms with Gasteiger partial charge in [-0.05, 0) is 31.2 Å². The van der Waals surface area contributed by atoms with Gasteiger partial charge in [-0.25, -0.2) is 0 Å². The molecule has 0 saturated carbocycles. The van der Waals surface area contributed by atoms with Gasteiger partial charge in [-0.15, -0.1) is 0 Å². The summed E-state index contributed by atoms with van der Waals surface area (Å²) in [6, 6.07) is 9.15. The molecule has 5 heteroatoms. The quantitative estimate of drug-likeness (QED) is 0.757. The number of fused-ring (bicyclic) bond motifs is 1. The SMILES string of the molecule is Cc1ccc2oc(C(O)c3ncc(Cl)cc3Cl)cc2c1. The minimum atomic E-state index is -1.02. The molecule has 3 rings (SSSR count). The number of pyridine rings is 1. The molecule has 0 fully saturated rings.